The number of rotatable bonds is 3. The monoisotopic (exact) mass is 252 g/mol. The van der Waals surface area contributed by atoms with Crippen molar-refractivity contribution in [1.29, 1.82) is 0 Å². The molecule has 0 saturated carbocycles. The number of carbonyl (C=O) groups excluding carboxylic acids is 2. The Morgan fingerprint density at radius 1 is 1.61 bits per heavy atom. The van der Waals surface area contributed by atoms with Crippen LogP contribution in [0.4, 0.5) is 5.95 Å². The first-order valence-electron chi connectivity index (χ1n) is 5.93. The van der Waals surface area contributed by atoms with Gasteiger partial charge in [-0.3, -0.25) is 9.59 Å². The average Bonchev–Trinajstić information content (AvgIpc) is 2.77. The van der Waals surface area contributed by atoms with E-state index in [9.17, 15) is 9.59 Å². The van der Waals surface area contributed by atoms with Gasteiger partial charge in [0.2, 0.25) is 5.95 Å². The van der Waals surface area contributed by atoms with E-state index >= 15 is 0 Å². The second-order valence-electron chi connectivity index (χ2n) is 4.48. The average molecular weight is 252 g/mol. The van der Waals surface area contributed by atoms with Gasteiger partial charge in [-0.2, -0.15) is 14.8 Å². The molecule has 1 aromatic heterocycles. The smallest absolute Gasteiger partial charge is 0.320 e. The fraction of sp³-hybridized carbons (Fsp3) is 0.636. The fourth-order valence-corrected chi connectivity index (χ4v) is 2.05. The van der Waals surface area contributed by atoms with E-state index in [4.69, 9.17) is 4.74 Å². The van der Waals surface area contributed by atoms with Crippen LogP contribution in [-0.4, -0.2) is 39.3 Å². The van der Waals surface area contributed by atoms with Crippen LogP contribution in [0.2, 0.25) is 0 Å². The minimum Gasteiger partial charge on any atom is -0.465 e. The minimum absolute atomic E-state index is 0.0915. The highest BCUT2D eigenvalue weighted by atomic mass is 16.5. The lowest BCUT2D eigenvalue weighted by atomic mass is 9.88. The topological polar surface area (TPSA) is 86.1 Å². The standard InChI is InChI=1S/C11H16N4O3/c1-4-18-10(17)7-8(6(2)3)14-11-12-5-13-15(11)9(7)16/h5-8H,4H2,1-3H3,(H,12,13,14)/t7-,8+/m1/s1. The number of hydrogen-bond acceptors (Lipinski definition) is 6. The first kappa shape index (κ1) is 12.5. The first-order chi connectivity index (χ1) is 8.56. The molecule has 18 heavy (non-hydrogen) atoms. The summed E-state index contributed by atoms with van der Waals surface area (Å²) in [5.41, 5.74) is 0. The maximum Gasteiger partial charge on any atom is 0.320 e. The highest BCUT2D eigenvalue weighted by Gasteiger charge is 2.43. The summed E-state index contributed by atoms with van der Waals surface area (Å²) in [4.78, 5) is 28.1. The molecule has 0 saturated heterocycles. The molecule has 98 valence electrons. The predicted molar refractivity (Wildman–Crippen MR) is 63.0 cm³/mol. The number of fused-ring (bicyclic) bond motifs is 1. The number of esters is 1. The van der Waals surface area contributed by atoms with Crippen molar-refractivity contribution in [2.24, 2.45) is 11.8 Å². The molecule has 7 nitrogen and oxygen atoms in total. The SMILES string of the molecule is CCOC(=O)[C@H]1C(=O)n2ncnc2N[C@H]1C(C)C. The summed E-state index contributed by atoms with van der Waals surface area (Å²) in [7, 11) is 0. The second kappa shape index (κ2) is 4.75. The van der Waals surface area contributed by atoms with Crippen LogP contribution in [0, 0.1) is 11.8 Å². The number of anilines is 1. The number of aromatic nitrogens is 3. The van der Waals surface area contributed by atoms with Crippen molar-refractivity contribution < 1.29 is 14.3 Å². The molecule has 7 heteroatoms. The zero-order chi connectivity index (χ0) is 13.3. The zero-order valence-electron chi connectivity index (χ0n) is 10.6. The quantitative estimate of drug-likeness (QED) is 0.624. The van der Waals surface area contributed by atoms with Gasteiger partial charge in [-0.1, -0.05) is 13.8 Å². The zero-order valence-corrected chi connectivity index (χ0v) is 10.6. The fourth-order valence-electron chi connectivity index (χ4n) is 2.05. The molecular weight excluding hydrogens is 236 g/mol. The summed E-state index contributed by atoms with van der Waals surface area (Å²) in [6, 6.07) is -0.326. The lowest BCUT2D eigenvalue weighted by molar-refractivity contribution is -0.147. The molecule has 1 aliphatic rings. The van der Waals surface area contributed by atoms with Gasteiger partial charge in [0.1, 0.15) is 6.33 Å². The Morgan fingerprint density at radius 2 is 2.33 bits per heavy atom. The summed E-state index contributed by atoms with van der Waals surface area (Å²) in [5.74, 6) is -1.32. The molecule has 2 heterocycles. The summed E-state index contributed by atoms with van der Waals surface area (Å²) < 4.78 is 6.07. The molecule has 2 atom stereocenters. The lowest BCUT2D eigenvalue weighted by Crippen LogP contribution is -2.50. The molecule has 0 aromatic carbocycles. The maximum absolute atomic E-state index is 12.2. The van der Waals surface area contributed by atoms with Crippen LogP contribution < -0.4 is 5.32 Å². The summed E-state index contributed by atoms with van der Waals surface area (Å²) in [6.45, 7) is 5.83. The molecule has 0 unspecified atom stereocenters. The number of nitrogens with zero attached hydrogens (tertiary/aromatic N) is 3. The van der Waals surface area contributed by atoms with Gasteiger partial charge < -0.3 is 10.1 Å². The normalized spacial score (nSPS) is 22.6. The van der Waals surface area contributed by atoms with Crippen LogP contribution in [0.1, 0.15) is 25.6 Å². The Labute approximate surface area is 105 Å². The molecule has 0 aliphatic carbocycles. The highest BCUT2D eigenvalue weighted by molar-refractivity contribution is 6.02. The number of nitrogens with one attached hydrogen (secondary N) is 1. The maximum atomic E-state index is 12.2. The predicted octanol–water partition coefficient (Wildman–Crippen LogP) is 0.548. The molecule has 0 fully saturated rings. The third kappa shape index (κ3) is 1.96. The van der Waals surface area contributed by atoms with Crippen LogP contribution in [0.3, 0.4) is 0 Å². The minimum atomic E-state index is -0.876. The number of ether oxygens (including phenoxy) is 1. The van der Waals surface area contributed by atoms with E-state index in [0.29, 0.717) is 5.95 Å². The van der Waals surface area contributed by atoms with E-state index in [1.54, 1.807) is 6.92 Å². The van der Waals surface area contributed by atoms with Crippen LogP contribution in [0.15, 0.2) is 6.33 Å². The molecule has 1 aromatic rings. The van der Waals surface area contributed by atoms with Gasteiger partial charge in [-0.15, -0.1) is 0 Å². The molecule has 2 rings (SSSR count). The highest BCUT2D eigenvalue weighted by Crippen LogP contribution is 2.25. The van der Waals surface area contributed by atoms with Crippen molar-refractivity contribution in [3.63, 3.8) is 0 Å². The van der Waals surface area contributed by atoms with Crippen molar-refractivity contribution in [3.8, 4) is 0 Å². The van der Waals surface area contributed by atoms with Crippen molar-refractivity contribution in [3.05, 3.63) is 6.33 Å². The van der Waals surface area contributed by atoms with Crippen LogP contribution in [0.25, 0.3) is 0 Å². The van der Waals surface area contributed by atoms with Crippen molar-refractivity contribution in [1.82, 2.24) is 14.8 Å². The molecule has 0 spiro atoms. The summed E-state index contributed by atoms with van der Waals surface area (Å²) in [6.07, 6.45) is 1.28. The Bertz CT molecular complexity index is 469. The van der Waals surface area contributed by atoms with Crippen molar-refractivity contribution in [2.75, 3.05) is 11.9 Å². The third-order valence-corrected chi connectivity index (χ3v) is 2.94. The van der Waals surface area contributed by atoms with Gasteiger partial charge in [0, 0.05) is 0 Å². The Balaban J connectivity index is 2.36. The van der Waals surface area contributed by atoms with Crippen molar-refractivity contribution in [2.45, 2.75) is 26.8 Å². The van der Waals surface area contributed by atoms with Crippen molar-refractivity contribution >= 4 is 17.8 Å². The van der Waals surface area contributed by atoms with E-state index in [2.05, 4.69) is 15.4 Å². The lowest BCUT2D eigenvalue weighted by Gasteiger charge is -2.32. The first-order valence-corrected chi connectivity index (χ1v) is 5.93. The molecule has 0 amide bonds. The Kier molecular flexibility index (Phi) is 3.31. The molecule has 0 radical (unpaired) electrons. The number of carbonyl (C=O) groups is 2. The largest absolute Gasteiger partial charge is 0.465 e. The van der Waals surface area contributed by atoms with E-state index in [1.807, 2.05) is 13.8 Å². The summed E-state index contributed by atoms with van der Waals surface area (Å²) >= 11 is 0. The van der Waals surface area contributed by atoms with Crippen LogP contribution in [0.5, 0.6) is 0 Å². The van der Waals surface area contributed by atoms with Crippen LogP contribution in [-0.2, 0) is 9.53 Å². The van der Waals surface area contributed by atoms with E-state index < -0.39 is 17.8 Å². The molecular formula is C11H16N4O3. The van der Waals surface area contributed by atoms with E-state index in [0.717, 1.165) is 4.68 Å². The van der Waals surface area contributed by atoms with Gasteiger partial charge >= 0.3 is 5.97 Å². The molecule has 1 N–H and O–H groups in total. The summed E-state index contributed by atoms with van der Waals surface area (Å²) in [5, 5.41) is 6.87. The van der Waals surface area contributed by atoms with E-state index in [1.165, 1.54) is 6.33 Å². The number of hydrogen-bond donors (Lipinski definition) is 1. The molecule has 1 aliphatic heterocycles. The third-order valence-electron chi connectivity index (χ3n) is 2.94. The molecule has 0 bridgehead atoms. The van der Waals surface area contributed by atoms with Gasteiger partial charge in [0.05, 0.1) is 12.6 Å². The van der Waals surface area contributed by atoms with Gasteiger partial charge in [0.15, 0.2) is 5.92 Å². The van der Waals surface area contributed by atoms with Gasteiger partial charge in [-0.05, 0) is 12.8 Å². The van der Waals surface area contributed by atoms with E-state index in [-0.39, 0.29) is 18.6 Å². The second-order valence-corrected chi connectivity index (χ2v) is 4.48. The van der Waals surface area contributed by atoms with Gasteiger partial charge in [0.25, 0.3) is 5.91 Å². The van der Waals surface area contributed by atoms with Crippen LogP contribution >= 0.6 is 0 Å². The van der Waals surface area contributed by atoms with Gasteiger partial charge in [-0.25, -0.2) is 0 Å². The Hall–Kier alpha value is -1.92. The Morgan fingerprint density at radius 3 is 2.94 bits per heavy atom.